The Morgan fingerprint density at radius 3 is 2.39 bits per heavy atom. The smallest absolute Gasteiger partial charge is 0.275 e. The molecule has 0 N–H and O–H groups in total. The normalized spacial score (nSPS) is 15.7. The lowest BCUT2D eigenvalue weighted by Gasteiger charge is -2.34. The molecule has 6 heteroatoms. The minimum atomic E-state index is -0.614. The van der Waals surface area contributed by atoms with E-state index in [1.165, 1.54) is 30.2 Å². The highest BCUT2D eigenvalue weighted by Crippen LogP contribution is 2.10. The molecule has 2 heterocycles. The maximum absolute atomic E-state index is 13.4. The van der Waals surface area contributed by atoms with Crippen LogP contribution in [0.25, 0.3) is 0 Å². The number of carbonyl (C=O) groups excluding carboxylic acids is 2. The van der Waals surface area contributed by atoms with Gasteiger partial charge in [0.15, 0.2) is 11.5 Å². The standard InChI is InChI=1S/C12H14FN3O2/c1-9(17)15-5-7-16(8-6-15)12(18)11-10(13)3-2-4-14-11/h2-4H,5-8H2,1H3. The fourth-order valence-electron chi connectivity index (χ4n) is 1.92. The largest absolute Gasteiger partial charge is 0.339 e. The fourth-order valence-corrected chi connectivity index (χ4v) is 1.92. The van der Waals surface area contributed by atoms with Crippen molar-refractivity contribution < 1.29 is 14.0 Å². The molecule has 18 heavy (non-hydrogen) atoms. The van der Waals surface area contributed by atoms with Crippen LogP contribution in [0.15, 0.2) is 18.3 Å². The molecule has 1 aromatic heterocycles. The number of hydrogen-bond donors (Lipinski definition) is 0. The molecule has 1 fully saturated rings. The van der Waals surface area contributed by atoms with Crippen LogP contribution in [0.2, 0.25) is 0 Å². The number of rotatable bonds is 1. The Morgan fingerprint density at radius 2 is 1.83 bits per heavy atom. The van der Waals surface area contributed by atoms with Gasteiger partial charge >= 0.3 is 0 Å². The molecule has 0 unspecified atom stereocenters. The minimum Gasteiger partial charge on any atom is -0.339 e. The van der Waals surface area contributed by atoms with Gasteiger partial charge in [-0.3, -0.25) is 9.59 Å². The number of carbonyl (C=O) groups is 2. The molecule has 0 aromatic carbocycles. The van der Waals surface area contributed by atoms with Gasteiger partial charge in [0.2, 0.25) is 5.91 Å². The molecule has 1 aromatic rings. The van der Waals surface area contributed by atoms with E-state index in [-0.39, 0.29) is 11.6 Å². The second-order valence-electron chi connectivity index (χ2n) is 4.13. The van der Waals surface area contributed by atoms with E-state index in [9.17, 15) is 14.0 Å². The van der Waals surface area contributed by atoms with Crippen LogP contribution in [0, 0.1) is 5.82 Å². The number of hydrogen-bond acceptors (Lipinski definition) is 3. The van der Waals surface area contributed by atoms with Crippen molar-refractivity contribution in [1.29, 1.82) is 0 Å². The van der Waals surface area contributed by atoms with E-state index in [4.69, 9.17) is 0 Å². The second-order valence-corrected chi connectivity index (χ2v) is 4.13. The zero-order chi connectivity index (χ0) is 13.1. The molecule has 0 spiro atoms. The molecule has 0 atom stereocenters. The predicted molar refractivity (Wildman–Crippen MR) is 62.4 cm³/mol. The van der Waals surface area contributed by atoms with Crippen LogP contribution in [-0.2, 0) is 4.79 Å². The molecule has 0 radical (unpaired) electrons. The van der Waals surface area contributed by atoms with Gasteiger partial charge in [-0.1, -0.05) is 0 Å². The topological polar surface area (TPSA) is 53.5 Å². The van der Waals surface area contributed by atoms with Gasteiger partial charge in [-0.25, -0.2) is 9.37 Å². The Kier molecular flexibility index (Phi) is 3.55. The lowest BCUT2D eigenvalue weighted by molar-refractivity contribution is -0.130. The van der Waals surface area contributed by atoms with Crippen LogP contribution in [0.4, 0.5) is 4.39 Å². The van der Waals surface area contributed by atoms with E-state index in [0.717, 1.165) is 0 Å². The van der Waals surface area contributed by atoms with E-state index >= 15 is 0 Å². The van der Waals surface area contributed by atoms with Crippen molar-refractivity contribution in [2.24, 2.45) is 0 Å². The molecule has 2 rings (SSSR count). The van der Waals surface area contributed by atoms with E-state index in [2.05, 4.69) is 4.98 Å². The summed E-state index contributed by atoms with van der Waals surface area (Å²) in [7, 11) is 0. The number of nitrogens with zero attached hydrogens (tertiary/aromatic N) is 3. The van der Waals surface area contributed by atoms with Crippen molar-refractivity contribution >= 4 is 11.8 Å². The Hall–Kier alpha value is -1.98. The highest BCUT2D eigenvalue weighted by atomic mass is 19.1. The lowest BCUT2D eigenvalue weighted by Crippen LogP contribution is -2.50. The maximum Gasteiger partial charge on any atom is 0.275 e. The summed E-state index contributed by atoms with van der Waals surface area (Å²) in [5, 5.41) is 0. The molecule has 0 bridgehead atoms. The zero-order valence-electron chi connectivity index (χ0n) is 10.1. The van der Waals surface area contributed by atoms with Crippen LogP contribution in [-0.4, -0.2) is 52.8 Å². The summed E-state index contributed by atoms with van der Waals surface area (Å²) < 4.78 is 13.4. The lowest BCUT2D eigenvalue weighted by atomic mass is 10.2. The van der Waals surface area contributed by atoms with Crippen molar-refractivity contribution in [1.82, 2.24) is 14.8 Å². The molecule has 0 saturated carbocycles. The van der Waals surface area contributed by atoms with Crippen LogP contribution < -0.4 is 0 Å². The molecular weight excluding hydrogens is 237 g/mol. The zero-order valence-corrected chi connectivity index (χ0v) is 10.1. The first-order valence-electron chi connectivity index (χ1n) is 5.75. The highest BCUT2D eigenvalue weighted by molar-refractivity contribution is 5.92. The Labute approximate surface area is 104 Å². The van der Waals surface area contributed by atoms with Crippen LogP contribution in [0.1, 0.15) is 17.4 Å². The minimum absolute atomic E-state index is 0.00823. The molecule has 5 nitrogen and oxygen atoms in total. The maximum atomic E-state index is 13.4. The summed E-state index contributed by atoms with van der Waals surface area (Å²) >= 11 is 0. The average Bonchev–Trinajstić information content (AvgIpc) is 2.38. The van der Waals surface area contributed by atoms with E-state index in [1.807, 2.05) is 0 Å². The van der Waals surface area contributed by atoms with Crippen LogP contribution in [0.5, 0.6) is 0 Å². The quantitative estimate of drug-likeness (QED) is 0.731. The van der Waals surface area contributed by atoms with Gasteiger partial charge in [0.1, 0.15) is 0 Å². The summed E-state index contributed by atoms with van der Waals surface area (Å²) in [6.45, 7) is 3.28. The number of piperazine rings is 1. The Morgan fingerprint density at radius 1 is 1.22 bits per heavy atom. The number of amides is 2. The molecule has 0 aliphatic carbocycles. The summed E-state index contributed by atoms with van der Waals surface area (Å²) in [6, 6.07) is 2.66. The Bertz CT molecular complexity index is 470. The number of halogens is 1. The first kappa shape index (κ1) is 12.5. The first-order chi connectivity index (χ1) is 8.59. The van der Waals surface area contributed by atoms with Gasteiger partial charge in [0.25, 0.3) is 5.91 Å². The third-order valence-electron chi connectivity index (χ3n) is 2.97. The van der Waals surface area contributed by atoms with Crippen molar-refractivity contribution in [2.75, 3.05) is 26.2 Å². The molecule has 2 amide bonds. The average molecular weight is 251 g/mol. The first-order valence-corrected chi connectivity index (χ1v) is 5.75. The summed E-state index contributed by atoms with van der Waals surface area (Å²) in [5.41, 5.74) is -0.159. The third kappa shape index (κ3) is 2.47. The monoisotopic (exact) mass is 251 g/mol. The predicted octanol–water partition coefficient (Wildman–Crippen LogP) is 0.525. The van der Waals surface area contributed by atoms with Crippen molar-refractivity contribution in [3.8, 4) is 0 Å². The van der Waals surface area contributed by atoms with E-state index in [1.54, 1.807) is 4.90 Å². The van der Waals surface area contributed by atoms with Crippen LogP contribution in [0.3, 0.4) is 0 Å². The van der Waals surface area contributed by atoms with Crippen LogP contribution >= 0.6 is 0 Å². The summed E-state index contributed by atoms with van der Waals surface area (Å²) in [5.74, 6) is -1.04. The number of pyridine rings is 1. The van der Waals surface area contributed by atoms with Gasteiger partial charge in [-0.15, -0.1) is 0 Å². The van der Waals surface area contributed by atoms with Crippen molar-refractivity contribution in [3.63, 3.8) is 0 Å². The van der Waals surface area contributed by atoms with Crippen molar-refractivity contribution in [2.45, 2.75) is 6.92 Å². The van der Waals surface area contributed by atoms with Gasteiger partial charge in [0, 0.05) is 39.3 Å². The van der Waals surface area contributed by atoms with E-state index < -0.39 is 11.7 Å². The van der Waals surface area contributed by atoms with Crippen molar-refractivity contribution in [3.05, 3.63) is 29.8 Å². The molecule has 1 saturated heterocycles. The van der Waals surface area contributed by atoms with E-state index in [0.29, 0.717) is 26.2 Å². The molecular formula is C12H14FN3O2. The van der Waals surface area contributed by atoms with Gasteiger partial charge in [-0.2, -0.15) is 0 Å². The SMILES string of the molecule is CC(=O)N1CCN(C(=O)c2ncccc2F)CC1. The third-order valence-corrected chi connectivity index (χ3v) is 2.97. The fraction of sp³-hybridized carbons (Fsp3) is 0.417. The Balaban J connectivity index is 2.04. The summed E-state index contributed by atoms with van der Waals surface area (Å²) in [6.07, 6.45) is 1.39. The highest BCUT2D eigenvalue weighted by Gasteiger charge is 2.25. The van der Waals surface area contributed by atoms with Gasteiger partial charge < -0.3 is 9.80 Å². The summed E-state index contributed by atoms with van der Waals surface area (Å²) in [4.78, 5) is 30.1. The van der Waals surface area contributed by atoms with Gasteiger partial charge in [-0.05, 0) is 12.1 Å². The molecule has 96 valence electrons. The van der Waals surface area contributed by atoms with Gasteiger partial charge in [0.05, 0.1) is 0 Å². The number of aromatic nitrogens is 1. The second kappa shape index (κ2) is 5.12. The molecule has 1 aliphatic heterocycles. The molecule has 1 aliphatic rings.